The van der Waals surface area contributed by atoms with Gasteiger partial charge in [0, 0.05) is 18.0 Å². The molecule has 0 saturated carbocycles. The summed E-state index contributed by atoms with van der Waals surface area (Å²) in [6.45, 7) is 7.87. The van der Waals surface area contributed by atoms with Crippen LogP contribution in [0.25, 0.3) is 0 Å². The van der Waals surface area contributed by atoms with Gasteiger partial charge in [-0.2, -0.15) is 17.9 Å². The molecule has 3 fully saturated rings. The van der Waals surface area contributed by atoms with E-state index in [1.54, 1.807) is 26.0 Å². The predicted octanol–water partition coefficient (Wildman–Crippen LogP) is 3.29. The van der Waals surface area contributed by atoms with Gasteiger partial charge < -0.3 is 4.90 Å². The molecule has 7 heteroatoms. The third kappa shape index (κ3) is 4.13. The fourth-order valence-electron chi connectivity index (χ4n) is 5.11. The van der Waals surface area contributed by atoms with Gasteiger partial charge in [-0.3, -0.25) is 0 Å². The van der Waals surface area contributed by atoms with Crippen molar-refractivity contribution in [1.29, 1.82) is 0 Å². The SMILES string of the molecule is CC1(NS(=O)(=O)NC(C)(C)C2(F)C=CC(c3ccccc3)C=C2)CN2CCC1CC2. The molecule has 1 aromatic carbocycles. The van der Waals surface area contributed by atoms with Gasteiger partial charge in [0.25, 0.3) is 10.2 Å². The summed E-state index contributed by atoms with van der Waals surface area (Å²) in [6.07, 6.45) is 8.52. The van der Waals surface area contributed by atoms with Crippen LogP contribution in [-0.2, 0) is 10.2 Å². The summed E-state index contributed by atoms with van der Waals surface area (Å²) in [5.74, 6) is 0.286. The zero-order valence-corrected chi connectivity index (χ0v) is 18.8. The number of fused-ring (bicyclic) bond motifs is 3. The second-order valence-electron chi connectivity index (χ2n) is 9.72. The quantitative estimate of drug-likeness (QED) is 0.677. The van der Waals surface area contributed by atoms with Crippen LogP contribution in [0.2, 0.25) is 0 Å². The van der Waals surface area contributed by atoms with Crippen LogP contribution in [0, 0.1) is 5.92 Å². The van der Waals surface area contributed by atoms with Gasteiger partial charge in [-0.05, 0) is 70.3 Å². The van der Waals surface area contributed by atoms with Crippen LogP contribution in [0.15, 0.2) is 54.6 Å². The molecule has 0 spiro atoms. The van der Waals surface area contributed by atoms with Crippen molar-refractivity contribution in [2.45, 2.75) is 56.3 Å². The van der Waals surface area contributed by atoms with Gasteiger partial charge in [0.05, 0.1) is 5.54 Å². The Morgan fingerprint density at radius 1 is 1.10 bits per heavy atom. The van der Waals surface area contributed by atoms with Gasteiger partial charge >= 0.3 is 0 Å². The summed E-state index contributed by atoms with van der Waals surface area (Å²) in [4.78, 5) is 2.29. The first-order valence-corrected chi connectivity index (χ1v) is 12.2. The first-order valence-electron chi connectivity index (χ1n) is 10.7. The number of hydrogen-bond acceptors (Lipinski definition) is 3. The van der Waals surface area contributed by atoms with Crippen LogP contribution in [0.4, 0.5) is 4.39 Å². The number of benzene rings is 1. The van der Waals surface area contributed by atoms with E-state index in [-0.39, 0.29) is 5.92 Å². The van der Waals surface area contributed by atoms with Crippen molar-refractivity contribution in [3.63, 3.8) is 0 Å². The third-order valence-electron chi connectivity index (χ3n) is 7.03. The second-order valence-corrected chi connectivity index (χ2v) is 11.1. The maximum absolute atomic E-state index is 15.9. The lowest BCUT2D eigenvalue weighted by Gasteiger charge is -2.52. The monoisotopic (exact) mass is 433 g/mol. The summed E-state index contributed by atoms with van der Waals surface area (Å²) in [6, 6.07) is 9.84. The first kappa shape index (κ1) is 21.7. The molecule has 0 aromatic heterocycles. The van der Waals surface area contributed by atoms with E-state index in [4.69, 9.17) is 0 Å². The molecule has 30 heavy (non-hydrogen) atoms. The molecule has 3 aliphatic heterocycles. The lowest BCUT2D eigenvalue weighted by molar-refractivity contribution is 0.0290. The zero-order valence-electron chi connectivity index (χ0n) is 17.9. The van der Waals surface area contributed by atoms with Crippen molar-refractivity contribution in [3.8, 4) is 0 Å². The van der Waals surface area contributed by atoms with Crippen LogP contribution in [0.3, 0.4) is 0 Å². The molecule has 5 rings (SSSR count). The summed E-state index contributed by atoms with van der Waals surface area (Å²) in [5, 5.41) is 0. The Hall–Kier alpha value is -1.54. The Morgan fingerprint density at radius 3 is 2.23 bits per heavy atom. The molecule has 1 atom stereocenters. The van der Waals surface area contributed by atoms with E-state index in [0.717, 1.165) is 31.5 Å². The van der Waals surface area contributed by atoms with Crippen molar-refractivity contribution in [2.24, 2.45) is 5.92 Å². The van der Waals surface area contributed by atoms with E-state index in [1.807, 2.05) is 37.3 Å². The lowest BCUT2D eigenvalue weighted by Crippen LogP contribution is -2.68. The number of rotatable bonds is 6. The topological polar surface area (TPSA) is 61.4 Å². The summed E-state index contributed by atoms with van der Waals surface area (Å²) < 4.78 is 47.3. The fourth-order valence-corrected chi connectivity index (χ4v) is 6.83. The van der Waals surface area contributed by atoms with Gasteiger partial charge in [0.1, 0.15) is 0 Å². The highest BCUT2D eigenvalue weighted by Crippen LogP contribution is 2.38. The Kier molecular flexibility index (Phi) is 5.46. The van der Waals surface area contributed by atoms with E-state index in [1.165, 1.54) is 12.2 Å². The standard InChI is InChI=1S/C23H32FN3O2S/c1-21(2,23(24)13-9-19(10-14-23)18-7-5-4-6-8-18)25-30(28,29)26-22(3)17-27-15-11-20(22)12-16-27/h4-10,13-14,19-20,25-26H,11-12,15-17H2,1-3H3. The van der Waals surface area contributed by atoms with Crippen molar-refractivity contribution < 1.29 is 12.8 Å². The molecule has 3 heterocycles. The van der Waals surface area contributed by atoms with E-state index < -0.39 is 27.0 Å². The van der Waals surface area contributed by atoms with Gasteiger partial charge in [-0.15, -0.1) is 0 Å². The van der Waals surface area contributed by atoms with Crippen LogP contribution in [-0.4, -0.2) is 49.7 Å². The number of allylic oxidation sites excluding steroid dienone is 2. The summed E-state index contributed by atoms with van der Waals surface area (Å²) in [7, 11) is -3.91. The highest BCUT2D eigenvalue weighted by Gasteiger charge is 2.49. The Balaban J connectivity index is 1.47. The van der Waals surface area contributed by atoms with Crippen molar-refractivity contribution in [2.75, 3.05) is 19.6 Å². The summed E-state index contributed by atoms with van der Waals surface area (Å²) >= 11 is 0. The first-order chi connectivity index (χ1) is 14.0. The number of piperidine rings is 3. The molecule has 1 aromatic rings. The summed E-state index contributed by atoms with van der Waals surface area (Å²) in [5.41, 5.74) is -2.73. The normalized spacial score (nSPS) is 36.2. The zero-order chi connectivity index (χ0) is 21.6. The van der Waals surface area contributed by atoms with Crippen LogP contribution in [0.1, 0.15) is 45.1 Å². The van der Waals surface area contributed by atoms with Gasteiger partial charge in [0.15, 0.2) is 5.67 Å². The number of hydrogen-bond donors (Lipinski definition) is 2. The van der Waals surface area contributed by atoms with E-state index >= 15 is 4.39 Å². The van der Waals surface area contributed by atoms with Crippen molar-refractivity contribution in [3.05, 3.63) is 60.2 Å². The van der Waals surface area contributed by atoms with Crippen LogP contribution >= 0.6 is 0 Å². The Labute approximate surface area is 179 Å². The van der Waals surface area contributed by atoms with Gasteiger partial charge in [-0.25, -0.2) is 4.39 Å². The maximum atomic E-state index is 15.9. The molecule has 1 unspecified atom stereocenters. The minimum Gasteiger partial charge on any atom is -0.301 e. The molecular weight excluding hydrogens is 401 g/mol. The molecule has 2 bridgehead atoms. The second kappa shape index (κ2) is 7.55. The average Bonchev–Trinajstić information content (AvgIpc) is 2.68. The van der Waals surface area contributed by atoms with E-state index in [2.05, 4.69) is 14.3 Å². The van der Waals surface area contributed by atoms with Crippen molar-refractivity contribution in [1.82, 2.24) is 14.3 Å². The number of halogens is 1. The highest BCUT2D eigenvalue weighted by molar-refractivity contribution is 7.87. The maximum Gasteiger partial charge on any atom is 0.278 e. The molecular formula is C23H32FN3O2S. The third-order valence-corrected chi connectivity index (χ3v) is 8.55. The molecule has 2 N–H and O–H groups in total. The molecule has 5 nitrogen and oxygen atoms in total. The highest BCUT2D eigenvalue weighted by atomic mass is 32.2. The molecule has 3 saturated heterocycles. The van der Waals surface area contributed by atoms with Gasteiger partial charge in [0.2, 0.25) is 0 Å². The largest absolute Gasteiger partial charge is 0.301 e. The Bertz CT molecular complexity index is 922. The molecule has 164 valence electrons. The predicted molar refractivity (Wildman–Crippen MR) is 118 cm³/mol. The molecule has 4 aliphatic rings. The molecule has 0 amide bonds. The number of alkyl halides is 1. The fraction of sp³-hybridized carbons (Fsp3) is 0.565. The van der Waals surface area contributed by atoms with Crippen LogP contribution < -0.4 is 9.44 Å². The van der Waals surface area contributed by atoms with E-state index in [9.17, 15) is 8.42 Å². The Morgan fingerprint density at radius 2 is 1.70 bits per heavy atom. The minimum atomic E-state index is -3.91. The molecule has 0 radical (unpaired) electrons. The average molecular weight is 434 g/mol. The van der Waals surface area contributed by atoms with E-state index in [0.29, 0.717) is 12.5 Å². The lowest BCUT2D eigenvalue weighted by atomic mass is 9.75. The minimum absolute atomic E-state index is 0.0219. The smallest absolute Gasteiger partial charge is 0.278 e. The van der Waals surface area contributed by atoms with Gasteiger partial charge in [-0.1, -0.05) is 42.5 Å². The van der Waals surface area contributed by atoms with Crippen molar-refractivity contribution >= 4 is 10.2 Å². The number of nitrogens with one attached hydrogen (secondary N) is 2. The van der Waals surface area contributed by atoms with Crippen LogP contribution in [0.5, 0.6) is 0 Å². The molecule has 1 aliphatic carbocycles. The number of nitrogens with zero attached hydrogens (tertiary/aromatic N) is 1.